The van der Waals surface area contributed by atoms with Gasteiger partial charge in [0.05, 0.1) is 18.3 Å². The minimum absolute atomic E-state index is 0.0415. The van der Waals surface area contributed by atoms with Crippen molar-refractivity contribution in [3.8, 4) is 10.7 Å². The van der Waals surface area contributed by atoms with E-state index in [0.29, 0.717) is 41.6 Å². The van der Waals surface area contributed by atoms with Crippen LogP contribution in [0.4, 0.5) is 19.0 Å². The number of pyridine rings is 1. The molecular formula is C25H25F3N6O2S. The van der Waals surface area contributed by atoms with Gasteiger partial charge in [-0.25, -0.2) is 18.2 Å². The number of amides is 1. The van der Waals surface area contributed by atoms with Crippen LogP contribution >= 0.6 is 11.3 Å². The molecule has 2 fully saturated rings. The SMILES string of the molecule is O=CN1CC(F)(F)CC1C(=O)CCc1cnc(-c2ccc(NCC3(c4ncccc4F)CCC3)nn2)s1. The fourth-order valence-electron chi connectivity index (χ4n) is 4.88. The molecule has 2 aliphatic rings. The molecule has 0 radical (unpaired) electrons. The van der Waals surface area contributed by atoms with Gasteiger partial charge in [0.15, 0.2) is 5.78 Å². The van der Waals surface area contributed by atoms with Gasteiger partial charge in [-0.15, -0.1) is 21.5 Å². The molecule has 5 rings (SSSR count). The van der Waals surface area contributed by atoms with Gasteiger partial charge in [-0.3, -0.25) is 14.6 Å². The van der Waals surface area contributed by atoms with Crippen LogP contribution in [0.25, 0.3) is 10.7 Å². The molecule has 1 aliphatic carbocycles. The van der Waals surface area contributed by atoms with E-state index < -0.39 is 24.9 Å². The summed E-state index contributed by atoms with van der Waals surface area (Å²) in [7, 11) is 0. The maximum atomic E-state index is 14.3. The Bertz CT molecular complexity index is 1280. The topological polar surface area (TPSA) is 101 Å². The lowest BCUT2D eigenvalue weighted by atomic mass is 9.66. The minimum Gasteiger partial charge on any atom is -0.368 e. The van der Waals surface area contributed by atoms with Crippen LogP contribution in [-0.2, 0) is 21.4 Å². The molecule has 8 nitrogen and oxygen atoms in total. The number of anilines is 1. The number of hydrogen-bond donors (Lipinski definition) is 1. The summed E-state index contributed by atoms with van der Waals surface area (Å²) in [6.07, 6.45) is 6.01. The predicted molar refractivity (Wildman–Crippen MR) is 131 cm³/mol. The molecule has 1 atom stereocenters. The van der Waals surface area contributed by atoms with E-state index in [1.54, 1.807) is 30.6 Å². The van der Waals surface area contributed by atoms with Crippen molar-refractivity contribution in [1.82, 2.24) is 25.1 Å². The van der Waals surface area contributed by atoms with Crippen molar-refractivity contribution >= 4 is 29.3 Å². The lowest BCUT2D eigenvalue weighted by Crippen LogP contribution is -2.42. The summed E-state index contributed by atoms with van der Waals surface area (Å²) >= 11 is 1.34. The number of alkyl halides is 2. The molecule has 3 aromatic rings. The molecule has 1 aliphatic heterocycles. The molecule has 4 heterocycles. The van der Waals surface area contributed by atoms with Crippen molar-refractivity contribution in [2.24, 2.45) is 0 Å². The largest absolute Gasteiger partial charge is 0.368 e. The third-order valence-corrected chi connectivity index (χ3v) is 8.13. The predicted octanol–water partition coefficient (Wildman–Crippen LogP) is 4.04. The van der Waals surface area contributed by atoms with Crippen LogP contribution in [-0.4, -0.2) is 62.3 Å². The van der Waals surface area contributed by atoms with Crippen LogP contribution in [0, 0.1) is 5.82 Å². The summed E-state index contributed by atoms with van der Waals surface area (Å²) in [4.78, 5) is 33.8. The third kappa shape index (κ3) is 5.34. The molecule has 194 valence electrons. The van der Waals surface area contributed by atoms with Crippen molar-refractivity contribution in [3.63, 3.8) is 0 Å². The maximum Gasteiger partial charge on any atom is 0.267 e. The second-order valence-electron chi connectivity index (χ2n) is 9.58. The van der Waals surface area contributed by atoms with Gasteiger partial charge in [0.2, 0.25) is 6.41 Å². The summed E-state index contributed by atoms with van der Waals surface area (Å²) in [6, 6.07) is 5.49. The second-order valence-corrected chi connectivity index (χ2v) is 10.7. The zero-order valence-electron chi connectivity index (χ0n) is 19.9. The van der Waals surface area contributed by atoms with Gasteiger partial charge in [-0.1, -0.05) is 6.42 Å². The fourth-order valence-corrected chi connectivity index (χ4v) is 5.76. The number of hydrogen-bond acceptors (Lipinski definition) is 8. The first kappa shape index (κ1) is 25.2. The summed E-state index contributed by atoms with van der Waals surface area (Å²) < 4.78 is 41.5. The lowest BCUT2D eigenvalue weighted by Gasteiger charge is -2.41. The quantitative estimate of drug-likeness (QED) is 0.395. The van der Waals surface area contributed by atoms with E-state index in [0.717, 1.165) is 29.0 Å². The first-order chi connectivity index (χ1) is 17.8. The van der Waals surface area contributed by atoms with E-state index in [2.05, 4.69) is 25.5 Å². The molecule has 0 bridgehead atoms. The number of aromatic nitrogens is 4. The normalized spacial score (nSPS) is 19.9. The first-order valence-corrected chi connectivity index (χ1v) is 12.9. The number of carbonyl (C=O) groups is 2. The zero-order chi connectivity index (χ0) is 26.0. The van der Waals surface area contributed by atoms with Gasteiger partial charge in [-0.2, -0.15) is 0 Å². The standard InChI is InChI=1S/C25H25F3N6O2S/c26-17-3-1-10-29-22(17)24(8-2-9-24)13-31-21-7-5-18(32-33-21)23-30-12-16(37-23)4-6-20(36)19-11-25(27,28)14-34(19)15-35/h1,3,5,7,10,12,15,19H,2,4,6,8-9,11,13-14H2,(H,31,33). The Hall–Kier alpha value is -3.41. The zero-order valence-corrected chi connectivity index (χ0v) is 20.7. The number of thiazole rings is 1. The van der Waals surface area contributed by atoms with Gasteiger partial charge < -0.3 is 10.2 Å². The number of nitrogens with zero attached hydrogens (tertiary/aromatic N) is 5. The average Bonchev–Trinajstić information content (AvgIpc) is 3.47. The molecule has 1 unspecified atom stereocenters. The number of likely N-dealkylation sites (tertiary alicyclic amines) is 1. The van der Waals surface area contributed by atoms with Crippen LogP contribution in [0.1, 0.15) is 42.7 Å². The number of ketones is 1. The molecule has 1 saturated carbocycles. The molecule has 0 aromatic carbocycles. The number of rotatable bonds is 10. The highest BCUT2D eigenvalue weighted by Gasteiger charge is 2.47. The van der Waals surface area contributed by atoms with E-state index >= 15 is 0 Å². The Morgan fingerprint density at radius 1 is 1.22 bits per heavy atom. The summed E-state index contributed by atoms with van der Waals surface area (Å²) in [5.41, 5.74) is 0.683. The summed E-state index contributed by atoms with van der Waals surface area (Å²) in [5, 5.41) is 12.3. The summed E-state index contributed by atoms with van der Waals surface area (Å²) in [6.45, 7) is -0.221. The highest BCUT2D eigenvalue weighted by atomic mass is 32.1. The van der Waals surface area contributed by atoms with Crippen molar-refractivity contribution in [2.75, 3.05) is 18.4 Å². The molecule has 12 heteroatoms. The minimum atomic E-state index is -3.04. The Morgan fingerprint density at radius 2 is 2.05 bits per heavy atom. The Kier molecular flexibility index (Phi) is 6.93. The third-order valence-electron chi connectivity index (χ3n) is 7.05. The van der Waals surface area contributed by atoms with Crippen LogP contribution in [0.3, 0.4) is 0 Å². The molecule has 1 saturated heterocycles. The van der Waals surface area contributed by atoms with E-state index in [4.69, 9.17) is 0 Å². The summed E-state index contributed by atoms with van der Waals surface area (Å²) in [5.74, 6) is -3.16. The van der Waals surface area contributed by atoms with Gasteiger partial charge >= 0.3 is 0 Å². The Morgan fingerprint density at radius 3 is 2.73 bits per heavy atom. The molecule has 37 heavy (non-hydrogen) atoms. The molecule has 0 spiro atoms. The van der Waals surface area contributed by atoms with Gasteiger partial charge in [-0.05, 0) is 43.5 Å². The Labute approximate surface area is 215 Å². The fraction of sp³-hybridized carbons (Fsp3) is 0.440. The van der Waals surface area contributed by atoms with Crippen LogP contribution in [0.5, 0.6) is 0 Å². The smallest absolute Gasteiger partial charge is 0.267 e. The maximum absolute atomic E-state index is 14.3. The molecular weight excluding hydrogens is 505 g/mol. The van der Waals surface area contributed by atoms with Crippen molar-refractivity contribution in [1.29, 1.82) is 0 Å². The second kappa shape index (κ2) is 10.2. The van der Waals surface area contributed by atoms with Crippen LogP contribution in [0.15, 0.2) is 36.7 Å². The van der Waals surface area contributed by atoms with Crippen molar-refractivity contribution < 1.29 is 22.8 Å². The number of nitrogens with one attached hydrogen (secondary N) is 1. The Balaban J connectivity index is 1.17. The van der Waals surface area contributed by atoms with E-state index in [1.165, 1.54) is 17.4 Å². The number of Topliss-reactive ketones (excluding diaryl/α,β-unsaturated/α-hetero) is 1. The van der Waals surface area contributed by atoms with E-state index in [-0.39, 0.29) is 23.4 Å². The van der Waals surface area contributed by atoms with Gasteiger partial charge in [0.25, 0.3) is 5.92 Å². The van der Waals surface area contributed by atoms with E-state index in [1.807, 2.05) is 0 Å². The highest BCUT2D eigenvalue weighted by molar-refractivity contribution is 7.15. The molecule has 3 aromatic heterocycles. The number of aryl methyl sites for hydroxylation is 1. The van der Waals surface area contributed by atoms with Crippen molar-refractivity contribution in [2.45, 2.75) is 55.9 Å². The number of carbonyl (C=O) groups excluding carboxylic acids is 2. The number of halogens is 3. The van der Waals surface area contributed by atoms with Gasteiger partial charge in [0.1, 0.15) is 22.3 Å². The van der Waals surface area contributed by atoms with E-state index in [9.17, 15) is 22.8 Å². The van der Waals surface area contributed by atoms with Crippen molar-refractivity contribution in [3.05, 3.63) is 53.0 Å². The first-order valence-electron chi connectivity index (χ1n) is 12.0. The lowest BCUT2D eigenvalue weighted by molar-refractivity contribution is -0.129. The highest BCUT2D eigenvalue weighted by Crippen LogP contribution is 2.43. The van der Waals surface area contributed by atoms with Crippen LogP contribution < -0.4 is 5.32 Å². The molecule has 1 amide bonds. The van der Waals surface area contributed by atoms with Crippen LogP contribution in [0.2, 0.25) is 0 Å². The monoisotopic (exact) mass is 530 g/mol. The average molecular weight is 531 g/mol. The van der Waals surface area contributed by atoms with Gasteiger partial charge in [0, 0.05) is 42.1 Å². The molecule has 1 N–H and O–H groups in total.